The van der Waals surface area contributed by atoms with Crippen molar-refractivity contribution in [1.82, 2.24) is 10.3 Å². The van der Waals surface area contributed by atoms with Gasteiger partial charge < -0.3 is 19.7 Å². The second-order valence-corrected chi connectivity index (χ2v) is 8.81. The van der Waals surface area contributed by atoms with Gasteiger partial charge in [-0.05, 0) is 61.9 Å². The number of aromatic nitrogens is 1. The third kappa shape index (κ3) is 3.67. The Morgan fingerprint density at radius 1 is 1.16 bits per heavy atom. The second kappa shape index (κ2) is 8.20. The van der Waals surface area contributed by atoms with Gasteiger partial charge in [0.25, 0.3) is 11.8 Å². The minimum Gasteiger partial charge on any atom is -0.454 e. The Morgan fingerprint density at radius 3 is 2.84 bits per heavy atom. The second-order valence-electron chi connectivity index (χ2n) is 7.78. The molecule has 7 nitrogen and oxygen atoms in total. The number of nitrogens with one attached hydrogen (secondary N) is 1. The molecule has 3 heterocycles. The van der Waals surface area contributed by atoms with E-state index in [0.29, 0.717) is 34.2 Å². The Kier molecular flexibility index (Phi) is 5.22. The van der Waals surface area contributed by atoms with Gasteiger partial charge in [0.2, 0.25) is 6.79 Å². The lowest BCUT2D eigenvalue weighted by atomic mass is 10.1. The monoisotopic (exact) mass is 447 g/mol. The average molecular weight is 448 g/mol. The fraction of sp³-hybridized carbons (Fsp3) is 0.208. The van der Waals surface area contributed by atoms with Crippen LogP contribution in [-0.4, -0.2) is 29.6 Å². The number of hydrogen-bond acceptors (Lipinski definition) is 6. The highest BCUT2D eigenvalue weighted by molar-refractivity contribution is 7.99. The van der Waals surface area contributed by atoms with Crippen LogP contribution in [0.4, 0.5) is 5.69 Å². The first-order chi connectivity index (χ1) is 15.5. The molecule has 0 fully saturated rings. The van der Waals surface area contributed by atoms with Gasteiger partial charge in [0, 0.05) is 29.2 Å². The molecule has 0 aliphatic carbocycles. The van der Waals surface area contributed by atoms with Crippen molar-refractivity contribution in [2.75, 3.05) is 11.7 Å². The van der Waals surface area contributed by atoms with Crippen LogP contribution in [0.5, 0.6) is 11.5 Å². The first-order valence-electron chi connectivity index (χ1n) is 10.3. The normalized spacial score (nSPS) is 14.1. The summed E-state index contributed by atoms with van der Waals surface area (Å²) in [5, 5.41) is 3.59. The number of ether oxygens (including phenoxy) is 2. The molecule has 2 aliphatic rings. The molecular formula is C24H21N3O4S. The number of carbonyl (C=O) groups excluding carboxylic acids is 2. The van der Waals surface area contributed by atoms with Gasteiger partial charge in [0.05, 0.1) is 11.3 Å². The molecule has 1 aromatic heterocycles. The van der Waals surface area contributed by atoms with Crippen molar-refractivity contribution in [3.8, 4) is 11.5 Å². The van der Waals surface area contributed by atoms with Crippen molar-refractivity contribution in [1.29, 1.82) is 0 Å². The molecule has 2 aromatic carbocycles. The van der Waals surface area contributed by atoms with Gasteiger partial charge in [-0.2, -0.15) is 0 Å². The molecule has 0 radical (unpaired) electrons. The molecule has 5 rings (SSSR count). The smallest absolute Gasteiger partial charge is 0.261 e. The summed E-state index contributed by atoms with van der Waals surface area (Å²) in [6.45, 7) is 4.52. The molecule has 8 heteroatoms. The molecule has 0 spiro atoms. The quantitative estimate of drug-likeness (QED) is 0.644. The summed E-state index contributed by atoms with van der Waals surface area (Å²) < 4.78 is 10.7. The summed E-state index contributed by atoms with van der Waals surface area (Å²) in [7, 11) is 0. The highest BCUT2D eigenvalue weighted by Crippen LogP contribution is 2.41. The van der Waals surface area contributed by atoms with Crippen LogP contribution in [0.15, 0.2) is 64.6 Å². The molecule has 1 N–H and O–H groups in total. The van der Waals surface area contributed by atoms with Crippen LogP contribution in [0.25, 0.3) is 0 Å². The molecule has 3 aromatic rings. The van der Waals surface area contributed by atoms with E-state index in [9.17, 15) is 9.59 Å². The lowest BCUT2D eigenvalue weighted by molar-refractivity contribution is 0.0949. The zero-order chi connectivity index (χ0) is 22.2. The maximum absolute atomic E-state index is 13.2. The van der Waals surface area contributed by atoms with Crippen LogP contribution in [0.2, 0.25) is 0 Å². The standard InChI is InChI=1S/C24H21N3O4S/c1-14(2)27-18-7-6-16(11-21(18)32-23-17(24(27)29)4-3-9-25-23)22(28)26-12-15-5-8-19-20(10-15)31-13-30-19/h3-11,14H,12-13H2,1-2H3,(H,26,28). The molecular weight excluding hydrogens is 426 g/mol. The summed E-state index contributed by atoms with van der Waals surface area (Å²) in [4.78, 5) is 33.0. The van der Waals surface area contributed by atoms with Crippen molar-refractivity contribution >= 4 is 29.3 Å². The van der Waals surface area contributed by atoms with E-state index < -0.39 is 0 Å². The van der Waals surface area contributed by atoms with E-state index in [4.69, 9.17) is 9.47 Å². The van der Waals surface area contributed by atoms with Gasteiger partial charge in [-0.25, -0.2) is 4.98 Å². The maximum atomic E-state index is 13.2. The molecule has 0 saturated heterocycles. The fourth-order valence-corrected chi connectivity index (χ4v) is 4.81. The fourth-order valence-electron chi connectivity index (χ4n) is 3.76. The lowest BCUT2D eigenvalue weighted by Crippen LogP contribution is -2.37. The molecule has 32 heavy (non-hydrogen) atoms. The van der Waals surface area contributed by atoms with Crippen LogP contribution in [0.1, 0.15) is 40.1 Å². The summed E-state index contributed by atoms with van der Waals surface area (Å²) in [6.07, 6.45) is 1.67. The zero-order valence-electron chi connectivity index (χ0n) is 17.6. The highest BCUT2D eigenvalue weighted by atomic mass is 32.2. The van der Waals surface area contributed by atoms with Crippen molar-refractivity contribution in [2.45, 2.75) is 36.4 Å². The van der Waals surface area contributed by atoms with Crippen LogP contribution in [0.3, 0.4) is 0 Å². The predicted molar refractivity (Wildman–Crippen MR) is 120 cm³/mol. The number of amides is 2. The van der Waals surface area contributed by atoms with Crippen LogP contribution < -0.4 is 19.7 Å². The molecule has 2 aliphatic heterocycles. The number of nitrogens with zero attached hydrogens (tertiary/aromatic N) is 2. The molecule has 0 unspecified atom stereocenters. The van der Waals surface area contributed by atoms with E-state index >= 15 is 0 Å². The first-order valence-corrected chi connectivity index (χ1v) is 11.1. The van der Waals surface area contributed by atoms with Crippen molar-refractivity contribution < 1.29 is 19.1 Å². The summed E-state index contributed by atoms with van der Waals surface area (Å²) in [5.41, 5.74) is 2.78. The van der Waals surface area contributed by atoms with Crippen molar-refractivity contribution in [3.05, 3.63) is 71.4 Å². The summed E-state index contributed by atoms with van der Waals surface area (Å²) in [5.74, 6) is 1.11. The van der Waals surface area contributed by atoms with E-state index in [2.05, 4.69) is 10.3 Å². The van der Waals surface area contributed by atoms with Gasteiger partial charge in [0.1, 0.15) is 5.03 Å². The zero-order valence-corrected chi connectivity index (χ0v) is 18.4. The van der Waals surface area contributed by atoms with E-state index in [0.717, 1.165) is 16.1 Å². The number of carbonyl (C=O) groups is 2. The Labute approximate surface area is 189 Å². The van der Waals surface area contributed by atoms with Gasteiger partial charge >= 0.3 is 0 Å². The Morgan fingerprint density at radius 2 is 2.00 bits per heavy atom. The summed E-state index contributed by atoms with van der Waals surface area (Å²) >= 11 is 1.40. The van der Waals surface area contributed by atoms with E-state index in [-0.39, 0.29) is 24.6 Å². The van der Waals surface area contributed by atoms with Gasteiger partial charge in [-0.3, -0.25) is 9.59 Å². The van der Waals surface area contributed by atoms with Crippen molar-refractivity contribution in [3.63, 3.8) is 0 Å². The number of rotatable bonds is 4. The number of pyridine rings is 1. The van der Waals surface area contributed by atoms with E-state index in [1.165, 1.54) is 11.8 Å². The van der Waals surface area contributed by atoms with Crippen molar-refractivity contribution in [2.24, 2.45) is 0 Å². The Bertz CT molecular complexity index is 1230. The highest BCUT2D eigenvalue weighted by Gasteiger charge is 2.30. The number of hydrogen-bond donors (Lipinski definition) is 1. The topological polar surface area (TPSA) is 80.8 Å². The summed E-state index contributed by atoms with van der Waals surface area (Å²) in [6, 6.07) is 14.5. The SMILES string of the molecule is CC(C)N1C(=O)c2cccnc2Sc2cc(C(=O)NCc3ccc4c(c3)OCO4)ccc21. The molecule has 0 atom stereocenters. The minimum absolute atomic E-state index is 0.0429. The van der Waals surface area contributed by atoms with Gasteiger partial charge in [0.15, 0.2) is 11.5 Å². The average Bonchev–Trinajstić information content (AvgIpc) is 3.21. The van der Waals surface area contributed by atoms with E-state index in [1.807, 2.05) is 44.2 Å². The van der Waals surface area contributed by atoms with Gasteiger partial charge in [-0.15, -0.1) is 0 Å². The van der Waals surface area contributed by atoms with Gasteiger partial charge in [-0.1, -0.05) is 17.8 Å². The van der Waals surface area contributed by atoms with Crippen LogP contribution >= 0.6 is 11.8 Å². The predicted octanol–water partition coefficient (Wildman–Crippen LogP) is 4.26. The van der Waals surface area contributed by atoms with Crippen LogP contribution in [0, 0.1) is 0 Å². The first kappa shape index (κ1) is 20.4. The number of anilines is 1. The van der Waals surface area contributed by atoms with E-state index in [1.54, 1.807) is 29.3 Å². The molecule has 0 saturated carbocycles. The number of fused-ring (bicyclic) bond motifs is 3. The molecule has 162 valence electrons. The third-order valence-corrected chi connectivity index (χ3v) is 6.38. The molecule has 2 amide bonds. The lowest BCUT2D eigenvalue weighted by Gasteiger charge is -2.27. The largest absolute Gasteiger partial charge is 0.454 e. The Hall–Kier alpha value is -3.52. The third-order valence-electron chi connectivity index (χ3n) is 5.31. The number of benzene rings is 2. The maximum Gasteiger partial charge on any atom is 0.261 e. The Balaban J connectivity index is 1.41. The minimum atomic E-state index is -0.195. The molecule has 0 bridgehead atoms. The van der Waals surface area contributed by atoms with Crippen LogP contribution in [-0.2, 0) is 6.54 Å².